The zero-order valence-electron chi connectivity index (χ0n) is 11.4. The molecule has 0 aliphatic carbocycles. The lowest BCUT2D eigenvalue weighted by atomic mass is 10.1. The van der Waals surface area contributed by atoms with Crippen molar-refractivity contribution in [3.63, 3.8) is 0 Å². The Bertz CT molecular complexity index is 731. The van der Waals surface area contributed by atoms with Gasteiger partial charge in [-0.05, 0) is 31.2 Å². The van der Waals surface area contributed by atoms with Gasteiger partial charge in [-0.25, -0.2) is 9.37 Å². The Morgan fingerprint density at radius 3 is 2.81 bits per heavy atom. The van der Waals surface area contributed by atoms with Gasteiger partial charge in [-0.2, -0.15) is 0 Å². The average Bonchev–Trinajstić information content (AvgIpc) is 3.09. The van der Waals surface area contributed by atoms with E-state index in [0.29, 0.717) is 23.8 Å². The zero-order valence-corrected chi connectivity index (χ0v) is 11.4. The predicted molar refractivity (Wildman–Crippen MR) is 73.9 cm³/mol. The first kappa shape index (κ1) is 13.5. The largest absolute Gasteiger partial charge is 0.385 e. The molecule has 0 saturated heterocycles. The van der Waals surface area contributed by atoms with E-state index >= 15 is 0 Å². The number of imidazole rings is 1. The van der Waals surface area contributed by atoms with Crippen LogP contribution >= 0.6 is 0 Å². The van der Waals surface area contributed by atoms with Gasteiger partial charge in [0.25, 0.3) is 0 Å². The molecule has 2 heterocycles. The van der Waals surface area contributed by atoms with E-state index in [1.807, 2.05) is 0 Å². The highest BCUT2D eigenvalue weighted by molar-refractivity contribution is 5.58. The first-order valence-electron chi connectivity index (χ1n) is 6.54. The molecule has 108 valence electrons. The van der Waals surface area contributed by atoms with Crippen LogP contribution in [-0.4, -0.2) is 19.8 Å². The molecule has 0 amide bonds. The van der Waals surface area contributed by atoms with Crippen molar-refractivity contribution < 1.29 is 14.0 Å². The van der Waals surface area contributed by atoms with E-state index < -0.39 is 6.10 Å². The molecule has 0 bridgehead atoms. The van der Waals surface area contributed by atoms with E-state index in [1.165, 1.54) is 12.1 Å². The second kappa shape index (κ2) is 5.49. The van der Waals surface area contributed by atoms with Gasteiger partial charge in [-0.3, -0.25) is 0 Å². The monoisotopic (exact) mass is 287 g/mol. The fraction of sp³-hybridized carbons (Fsp3) is 0.200. The van der Waals surface area contributed by atoms with Crippen molar-refractivity contribution in [1.82, 2.24) is 14.7 Å². The number of benzene rings is 1. The molecule has 0 saturated carbocycles. The second-order valence-corrected chi connectivity index (χ2v) is 4.77. The summed E-state index contributed by atoms with van der Waals surface area (Å²) in [5.41, 5.74) is 1.43. The smallest absolute Gasteiger partial charge is 0.157 e. The molecule has 1 N–H and O–H groups in total. The zero-order chi connectivity index (χ0) is 14.8. The molecule has 3 aromatic rings. The molecule has 0 spiro atoms. The molecular formula is C15H14FN3O2. The number of hydrogen-bond acceptors (Lipinski definition) is 4. The van der Waals surface area contributed by atoms with Crippen LogP contribution in [0.3, 0.4) is 0 Å². The summed E-state index contributed by atoms with van der Waals surface area (Å²) in [4.78, 5) is 4.10. The van der Waals surface area contributed by atoms with Crippen molar-refractivity contribution in [3.8, 4) is 11.3 Å². The molecule has 1 unspecified atom stereocenters. The average molecular weight is 287 g/mol. The van der Waals surface area contributed by atoms with Gasteiger partial charge in [-0.15, -0.1) is 0 Å². The molecule has 6 heteroatoms. The number of halogens is 1. The van der Waals surface area contributed by atoms with Crippen molar-refractivity contribution >= 4 is 0 Å². The maximum atomic E-state index is 12.9. The Balaban J connectivity index is 1.82. The van der Waals surface area contributed by atoms with E-state index in [4.69, 9.17) is 4.52 Å². The third-order valence-electron chi connectivity index (χ3n) is 3.15. The lowest BCUT2D eigenvalue weighted by Gasteiger charge is -2.07. The first-order chi connectivity index (χ1) is 10.1. The van der Waals surface area contributed by atoms with Crippen LogP contribution in [0.5, 0.6) is 0 Å². The number of hydrogen-bond donors (Lipinski definition) is 1. The fourth-order valence-corrected chi connectivity index (χ4v) is 2.13. The summed E-state index contributed by atoms with van der Waals surface area (Å²) in [6.45, 7) is 2.08. The standard InChI is InChI=1S/C15H14FN3O2/c1-10(20)15-17-6-7-19(15)9-13-8-14(18-21-13)11-2-4-12(16)5-3-11/h2-8,10,20H,9H2,1H3. The van der Waals surface area contributed by atoms with Crippen molar-refractivity contribution in [2.45, 2.75) is 19.6 Å². The Morgan fingerprint density at radius 2 is 2.10 bits per heavy atom. The quantitative estimate of drug-likeness (QED) is 0.801. The van der Waals surface area contributed by atoms with Crippen LogP contribution in [0.25, 0.3) is 11.3 Å². The topological polar surface area (TPSA) is 64.1 Å². The van der Waals surface area contributed by atoms with Crippen LogP contribution in [0.2, 0.25) is 0 Å². The fourth-order valence-electron chi connectivity index (χ4n) is 2.13. The molecule has 0 fully saturated rings. The van der Waals surface area contributed by atoms with Gasteiger partial charge < -0.3 is 14.2 Å². The van der Waals surface area contributed by atoms with E-state index in [-0.39, 0.29) is 5.82 Å². The van der Waals surface area contributed by atoms with Crippen LogP contribution in [0.15, 0.2) is 47.2 Å². The van der Waals surface area contributed by atoms with Gasteiger partial charge in [0.1, 0.15) is 23.4 Å². The Hall–Kier alpha value is -2.47. The third-order valence-corrected chi connectivity index (χ3v) is 3.15. The summed E-state index contributed by atoms with van der Waals surface area (Å²) >= 11 is 0. The van der Waals surface area contributed by atoms with Crippen LogP contribution in [0, 0.1) is 5.82 Å². The molecule has 0 aliphatic rings. The maximum Gasteiger partial charge on any atom is 0.157 e. The van der Waals surface area contributed by atoms with E-state index in [0.717, 1.165) is 5.56 Å². The summed E-state index contributed by atoms with van der Waals surface area (Å²) in [7, 11) is 0. The first-order valence-corrected chi connectivity index (χ1v) is 6.54. The normalized spacial score (nSPS) is 12.5. The SMILES string of the molecule is CC(O)c1nccn1Cc1cc(-c2ccc(F)cc2)no1. The van der Waals surface area contributed by atoms with Crippen molar-refractivity contribution in [3.05, 3.63) is 60.1 Å². The van der Waals surface area contributed by atoms with E-state index in [9.17, 15) is 9.50 Å². The van der Waals surface area contributed by atoms with Crippen LogP contribution in [0.1, 0.15) is 24.6 Å². The molecule has 1 aromatic carbocycles. The van der Waals surface area contributed by atoms with Crippen molar-refractivity contribution in [1.29, 1.82) is 0 Å². The Labute approximate surface area is 120 Å². The maximum absolute atomic E-state index is 12.9. The lowest BCUT2D eigenvalue weighted by Crippen LogP contribution is -2.06. The van der Waals surface area contributed by atoms with Crippen LogP contribution in [0.4, 0.5) is 4.39 Å². The molecule has 0 radical (unpaired) electrons. The highest BCUT2D eigenvalue weighted by Crippen LogP contribution is 2.20. The van der Waals surface area contributed by atoms with Crippen LogP contribution < -0.4 is 0 Å². The third kappa shape index (κ3) is 2.85. The van der Waals surface area contributed by atoms with Crippen molar-refractivity contribution in [2.24, 2.45) is 0 Å². The number of aliphatic hydroxyl groups excluding tert-OH is 1. The van der Waals surface area contributed by atoms with Gasteiger partial charge in [0.2, 0.25) is 0 Å². The summed E-state index contributed by atoms with van der Waals surface area (Å²) in [5, 5.41) is 13.6. The van der Waals surface area contributed by atoms with Crippen molar-refractivity contribution in [2.75, 3.05) is 0 Å². The molecule has 3 rings (SSSR count). The van der Waals surface area contributed by atoms with Gasteiger partial charge >= 0.3 is 0 Å². The molecule has 0 aliphatic heterocycles. The number of rotatable bonds is 4. The molecule has 1 atom stereocenters. The second-order valence-electron chi connectivity index (χ2n) is 4.77. The number of aromatic nitrogens is 3. The summed E-state index contributed by atoms with van der Waals surface area (Å²) in [6.07, 6.45) is 2.74. The van der Waals surface area contributed by atoms with Gasteiger partial charge in [-0.1, -0.05) is 5.16 Å². The highest BCUT2D eigenvalue weighted by Gasteiger charge is 2.12. The number of aliphatic hydroxyl groups is 1. The lowest BCUT2D eigenvalue weighted by molar-refractivity contribution is 0.183. The Kier molecular flexibility index (Phi) is 3.53. The number of nitrogens with zero attached hydrogens (tertiary/aromatic N) is 3. The molecule has 5 nitrogen and oxygen atoms in total. The summed E-state index contributed by atoms with van der Waals surface area (Å²) in [6, 6.07) is 7.85. The molecule has 2 aromatic heterocycles. The molecule has 21 heavy (non-hydrogen) atoms. The highest BCUT2D eigenvalue weighted by atomic mass is 19.1. The van der Waals surface area contributed by atoms with Gasteiger partial charge in [0.15, 0.2) is 5.76 Å². The summed E-state index contributed by atoms with van der Waals surface area (Å²) in [5.74, 6) is 0.909. The Morgan fingerprint density at radius 1 is 1.33 bits per heavy atom. The minimum absolute atomic E-state index is 0.289. The minimum Gasteiger partial charge on any atom is -0.385 e. The van der Waals surface area contributed by atoms with Gasteiger partial charge in [0, 0.05) is 24.0 Å². The summed E-state index contributed by atoms with van der Waals surface area (Å²) < 4.78 is 20.0. The van der Waals surface area contributed by atoms with E-state index in [1.54, 1.807) is 42.1 Å². The van der Waals surface area contributed by atoms with E-state index in [2.05, 4.69) is 10.1 Å². The van der Waals surface area contributed by atoms with Gasteiger partial charge in [0.05, 0.1) is 6.54 Å². The minimum atomic E-state index is -0.653. The molecular weight excluding hydrogens is 273 g/mol. The predicted octanol–water partition coefficient (Wildman–Crippen LogP) is 2.78. The van der Waals surface area contributed by atoms with Crippen LogP contribution in [-0.2, 0) is 6.54 Å².